The normalized spacial score (nSPS) is 11.0. The van der Waals surface area contributed by atoms with Crippen LogP contribution in [0.5, 0.6) is 17.2 Å². The summed E-state index contributed by atoms with van der Waals surface area (Å²) >= 11 is 0. The van der Waals surface area contributed by atoms with Gasteiger partial charge in [0, 0.05) is 6.54 Å². The zero-order valence-corrected chi connectivity index (χ0v) is 19.0. The number of benzene rings is 3. The van der Waals surface area contributed by atoms with Gasteiger partial charge in [-0.2, -0.15) is 0 Å². The molecule has 1 aromatic heterocycles. The van der Waals surface area contributed by atoms with Crippen LogP contribution in [-0.2, 0) is 13.2 Å². The number of hydrogen-bond donors (Lipinski definition) is 0. The quantitative estimate of drug-likeness (QED) is 0.285. The summed E-state index contributed by atoms with van der Waals surface area (Å²) in [7, 11) is 1.66. The van der Waals surface area contributed by atoms with Gasteiger partial charge in [0.05, 0.1) is 24.8 Å². The largest absolute Gasteiger partial charge is 0.497 e. The molecule has 32 heavy (non-hydrogen) atoms. The molecule has 0 unspecified atom stereocenters. The molecule has 0 saturated heterocycles. The van der Waals surface area contributed by atoms with Crippen molar-refractivity contribution in [3.8, 4) is 17.2 Å². The number of imidazole rings is 1. The first-order valence-electron chi connectivity index (χ1n) is 11.0. The second kappa shape index (κ2) is 10.2. The van der Waals surface area contributed by atoms with Crippen molar-refractivity contribution >= 4 is 11.0 Å². The number of ether oxygens (including phenoxy) is 3. The van der Waals surface area contributed by atoms with Gasteiger partial charge < -0.3 is 18.8 Å². The molecule has 0 N–H and O–H groups in total. The molecule has 5 nitrogen and oxygen atoms in total. The van der Waals surface area contributed by atoms with Crippen molar-refractivity contribution in [2.75, 3.05) is 13.7 Å². The van der Waals surface area contributed by atoms with E-state index in [4.69, 9.17) is 19.2 Å². The van der Waals surface area contributed by atoms with Crippen molar-refractivity contribution in [1.82, 2.24) is 9.55 Å². The maximum absolute atomic E-state index is 6.01. The van der Waals surface area contributed by atoms with E-state index in [1.165, 1.54) is 11.1 Å². The zero-order valence-electron chi connectivity index (χ0n) is 19.0. The predicted molar refractivity (Wildman–Crippen MR) is 128 cm³/mol. The van der Waals surface area contributed by atoms with Gasteiger partial charge in [-0.3, -0.25) is 0 Å². The summed E-state index contributed by atoms with van der Waals surface area (Å²) in [6.45, 7) is 6.18. The van der Waals surface area contributed by atoms with Gasteiger partial charge in [-0.05, 0) is 74.7 Å². The molecule has 4 rings (SSSR count). The zero-order chi connectivity index (χ0) is 22.3. The number of rotatable bonds is 10. The average Bonchev–Trinajstić information content (AvgIpc) is 3.16. The van der Waals surface area contributed by atoms with Gasteiger partial charge in [0.1, 0.15) is 29.7 Å². The molecule has 0 spiro atoms. The van der Waals surface area contributed by atoms with Gasteiger partial charge in [0.2, 0.25) is 0 Å². The van der Waals surface area contributed by atoms with Crippen molar-refractivity contribution in [2.45, 2.75) is 39.8 Å². The van der Waals surface area contributed by atoms with Crippen molar-refractivity contribution in [3.63, 3.8) is 0 Å². The molecule has 0 saturated carbocycles. The number of fused-ring (bicyclic) bond motifs is 1. The SMILES string of the molecule is COc1ccc(OCc2nc3ccccc3n2CCCCOc2ccc(C)cc2C)cc1. The van der Waals surface area contributed by atoms with E-state index >= 15 is 0 Å². The third-order valence-corrected chi connectivity index (χ3v) is 5.53. The molecule has 0 bridgehead atoms. The Morgan fingerprint density at radius 3 is 2.41 bits per heavy atom. The highest BCUT2D eigenvalue weighted by Gasteiger charge is 2.11. The van der Waals surface area contributed by atoms with Crippen LogP contribution >= 0.6 is 0 Å². The molecule has 1 heterocycles. The van der Waals surface area contributed by atoms with Crippen LogP contribution in [0.25, 0.3) is 11.0 Å². The van der Waals surface area contributed by atoms with Gasteiger partial charge in [-0.25, -0.2) is 4.98 Å². The molecule has 0 radical (unpaired) electrons. The molecule has 0 aliphatic carbocycles. The molecular formula is C27H30N2O3. The van der Waals surface area contributed by atoms with Crippen LogP contribution < -0.4 is 14.2 Å². The highest BCUT2D eigenvalue weighted by Crippen LogP contribution is 2.22. The van der Waals surface area contributed by atoms with Crippen LogP contribution in [0.3, 0.4) is 0 Å². The van der Waals surface area contributed by atoms with E-state index in [1.807, 2.05) is 36.4 Å². The topological polar surface area (TPSA) is 45.5 Å². The minimum atomic E-state index is 0.417. The molecule has 4 aromatic rings. The lowest BCUT2D eigenvalue weighted by Gasteiger charge is -2.12. The van der Waals surface area contributed by atoms with E-state index in [2.05, 4.69) is 48.7 Å². The minimum absolute atomic E-state index is 0.417. The fraction of sp³-hybridized carbons (Fsp3) is 0.296. The fourth-order valence-electron chi connectivity index (χ4n) is 3.82. The Labute approximate surface area is 189 Å². The Hall–Kier alpha value is -3.47. The van der Waals surface area contributed by atoms with E-state index in [1.54, 1.807) is 7.11 Å². The van der Waals surface area contributed by atoms with Crippen LogP contribution in [0.4, 0.5) is 0 Å². The number of methoxy groups -OCH3 is 1. The smallest absolute Gasteiger partial charge is 0.147 e. The molecule has 166 valence electrons. The van der Waals surface area contributed by atoms with E-state index in [9.17, 15) is 0 Å². The first-order valence-corrected chi connectivity index (χ1v) is 11.0. The third-order valence-electron chi connectivity index (χ3n) is 5.53. The lowest BCUT2D eigenvalue weighted by Crippen LogP contribution is -2.09. The standard InChI is InChI=1S/C27H30N2O3/c1-20-10-15-26(21(2)18-20)31-17-7-6-16-29-25-9-5-4-8-24(25)28-27(29)19-32-23-13-11-22(30-3)12-14-23/h4-5,8-15,18H,6-7,16-17,19H2,1-3H3. The van der Waals surface area contributed by atoms with Gasteiger partial charge in [-0.15, -0.1) is 0 Å². The molecule has 3 aromatic carbocycles. The molecule has 0 atom stereocenters. The van der Waals surface area contributed by atoms with Crippen LogP contribution in [0.15, 0.2) is 66.7 Å². The van der Waals surface area contributed by atoms with Gasteiger partial charge in [0.15, 0.2) is 0 Å². The minimum Gasteiger partial charge on any atom is -0.497 e. The molecule has 0 amide bonds. The first-order chi connectivity index (χ1) is 15.6. The van der Waals surface area contributed by atoms with E-state index < -0.39 is 0 Å². The summed E-state index contributed by atoms with van der Waals surface area (Å²) < 4.78 is 19.5. The summed E-state index contributed by atoms with van der Waals surface area (Å²) in [6, 6.07) is 22.2. The molecule has 0 fully saturated rings. The Balaban J connectivity index is 1.37. The number of hydrogen-bond acceptors (Lipinski definition) is 4. The van der Waals surface area contributed by atoms with Crippen molar-refractivity contribution in [2.24, 2.45) is 0 Å². The monoisotopic (exact) mass is 430 g/mol. The van der Waals surface area contributed by atoms with E-state index in [0.29, 0.717) is 13.2 Å². The Morgan fingerprint density at radius 2 is 1.62 bits per heavy atom. The molecule has 0 aliphatic rings. The molecule has 5 heteroatoms. The van der Waals surface area contributed by atoms with Crippen molar-refractivity contribution < 1.29 is 14.2 Å². The number of unbranched alkanes of at least 4 members (excludes halogenated alkanes) is 1. The average molecular weight is 431 g/mol. The Bertz CT molecular complexity index is 1170. The van der Waals surface area contributed by atoms with Crippen LogP contribution in [0.1, 0.15) is 29.8 Å². The van der Waals surface area contributed by atoms with Crippen LogP contribution in [0.2, 0.25) is 0 Å². The first kappa shape index (κ1) is 21.8. The highest BCUT2D eigenvalue weighted by atomic mass is 16.5. The number of nitrogens with zero attached hydrogens (tertiary/aromatic N) is 2. The second-order valence-electron chi connectivity index (χ2n) is 7.96. The summed E-state index contributed by atoms with van der Waals surface area (Å²) in [5.41, 5.74) is 4.57. The maximum atomic E-state index is 6.01. The van der Waals surface area contributed by atoms with E-state index in [-0.39, 0.29) is 0 Å². The molecular weight excluding hydrogens is 400 g/mol. The van der Waals surface area contributed by atoms with Crippen LogP contribution in [-0.4, -0.2) is 23.3 Å². The van der Waals surface area contributed by atoms with Gasteiger partial charge in [-0.1, -0.05) is 29.8 Å². The van der Waals surface area contributed by atoms with Crippen molar-refractivity contribution in [3.05, 3.63) is 83.7 Å². The predicted octanol–water partition coefficient (Wildman–Crippen LogP) is 6.10. The lowest BCUT2D eigenvalue weighted by molar-refractivity contribution is 0.284. The number of aromatic nitrogens is 2. The summed E-state index contributed by atoms with van der Waals surface area (Å²) in [6.07, 6.45) is 1.97. The number of aryl methyl sites for hydroxylation is 3. The third kappa shape index (κ3) is 5.22. The van der Waals surface area contributed by atoms with Crippen molar-refractivity contribution in [1.29, 1.82) is 0 Å². The number of para-hydroxylation sites is 2. The van der Waals surface area contributed by atoms with Gasteiger partial charge >= 0.3 is 0 Å². The molecule has 0 aliphatic heterocycles. The Kier molecular flexibility index (Phi) is 6.95. The van der Waals surface area contributed by atoms with Gasteiger partial charge in [0.25, 0.3) is 0 Å². The summed E-state index contributed by atoms with van der Waals surface area (Å²) in [4.78, 5) is 4.81. The highest BCUT2D eigenvalue weighted by molar-refractivity contribution is 5.75. The van der Waals surface area contributed by atoms with E-state index in [0.717, 1.165) is 53.5 Å². The van der Waals surface area contributed by atoms with Crippen LogP contribution in [0, 0.1) is 13.8 Å². The lowest BCUT2D eigenvalue weighted by atomic mass is 10.1. The second-order valence-corrected chi connectivity index (χ2v) is 7.96. The summed E-state index contributed by atoms with van der Waals surface area (Å²) in [5.74, 6) is 3.51. The Morgan fingerprint density at radius 1 is 0.844 bits per heavy atom. The fourth-order valence-corrected chi connectivity index (χ4v) is 3.82. The maximum Gasteiger partial charge on any atom is 0.147 e. The summed E-state index contributed by atoms with van der Waals surface area (Å²) in [5, 5.41) is 0.